The molecule has 2 rings (SSSR count). The Hall–Kier alpha value is -0.650. The van der Waals surface area contributed by atoms with Crippen molar-refractivity contribution in [3.8, 4) is 0 Å². The summed E-state index contributed by atoms with van der Waals surface area (Å²) in [5.41, 5.74) is 0.152. The van der Waals surface area contributed by atoms with Crippen molar-refractivity contribution in [2.75, 3.05) is 39.4 Å². The summed E-state index contributed by atoms with van der Waals surface area (Å²) in [6.45, 7) is 14.3. The Balaban J connectivity index is 1.91. The Morgan fingerprint density at radius 1 is 1.19 bits per heavy atom. The topological polar surface area (TPSA) is 44.8 Å². The molecule has 1 N–H and O–H groups in total. The predicted molar refractivity (Wildman–Crippen MR) is 84.3 cm³/mol. The van der Waals surface area contributed by atoms with Crippen molar-refractivity contribution in [3.63, 3.8) is 0 Å². The van der Waals surface area contributed by atoms with Gasteiger partial charge < -0.3 is 15.0 Å². The Morgan fingerprint density at radius 3 is 2.29 bits per heavy atom. The standard InChI is InChI=1S/C16H31N3O2/c1-15(2)11-14(12-16(3,4)17-15)19(13-20)6-5-18-7-9-21-10-8-18/h13-14,17H,5-12H2,1-4H3. The van der Waals surface area contributed by atoms with Crippen LogP contribution in [0.25, 0.3) is 0 Å². The van der Waals surface area contributed by atoms with Gasteiger partial charge in [-0.25, -0.2) is 0 Å². The van der Waals surface area contributed by atoms with Crippen molar-refractivity contribution in [1.29, 1.82) is 0 Å². The fourth-order valence-electron chi connectivity index (χ4n) is 3.91. The molecular weight excluding hydrogens is 266 g/mol. The van der Waals surface area contributed by atoms with Gasteiger partial charge in [-0.05, 0) is 40.5 Å². The maximum Gasteiger partial charge on any atom is 0.210 e. The molecule has 0 aromatic heterocycles. The lowest BCUT2D eigenvalue weighted by Gasteiger charge is -2.49. The van der Waals surface area contributed by atoms with Gasteiger partial charge in [-0.1, -0.05) is 0 Å². The van der Waals surface area contributed by atoms with Gasteiger partial charge in [0.2, 0.25) is 6.41 Å². The summed E-state index contributed by atoms with van der Waals surface area (Å²) in [4.78, 5) is 16.0. The Morgan fingerprint density at radius 2 is 1.76 bits per heavy atom. The van der Waals surface area contributed by atoms with Crippen LogP contribution in [0, 0.1) is 0 Å². The number of ether oxygens (including phenoxy) is 1. The average Bonchev–Trinajstić information content (AvgIpc) is 2.37. The molecule has 0 aromatic rings. The maximum atomic E-state index is 11.6. The lowest BCUT2D eigenvalue weighted by molar-refractivity contribution is -0.122. The third-order valence-electron chi connectivity index (χ3n) is 4.55. The van der Waals surface area contributed by atoms with E-state index in [4.69, 9.17) is 4.74 Å². The van der Waals surface area contributed by atoms with Crippen molar-refractivity contribution < 1.29 is 9.53 Å². The van der Waals surface area contributed by atoms with Crippen LogP contribution in [-0.4, -0.2) is 72.7 Å². The van der Waals surface area contributed by atoms with Crippen LogP contribution in [0.3, 0.4) is 0 Å². The first-order chi connectivity index (χ1) is 9.81. The molecule has 5 heteroatoms. The molecular formula is C16H31N3O2. The lowest BCUT2D eigenvalue weighted by Crippen LogP contribution is -2.62. The summed E-state index contributed by atoms with van der Waals surface area (Å²) >= 11 is 0. The number of nitrogens with one attached hydrogen (secondary N) is 1. The predicted octanol–water partition coefficient (Wildman–Crippen LogP) is 1.09. The molecule has 2 fully saturated rings. The van der Waals surface area contributed by atoms with Gasteiger partial charge in [-0.3, -0.25) is 9.69 Å². The fraction of sp³-hybridized carbons (Fsp3) is 0.938. The molecule has 1 amide bonds. The molecule has 2 aliphatic heterocycles. The van der Waals surface area contributed by atoms with Crippen molar-refractivity contribution in [1.82, 2.24) is 15.1 Å². The van der Waals surface area contributed by atoms with E-state index in [-0.39, 0.29) is 11.1 Å². The van der Waals surface area contributed by atoms with Crippen LogP contribution in [0.1, 0.15) is 40.5 Å². The van der Waals surface area contributed by atoms with Gasteiger partial charge in [0.25, 0.3) is 0 Å². The molecule has 0 bridgehead atoms. The zero-order valence-corrected chi connectivity index (χ0v) is 14.0. The summed E-state index contributed by atoms with van der Waals surface area (Å²) in [5.74, 6) is 0. The zero-order valence-electron chi connectivity index (χ0n) is 14.0. The zero-order chi connectivity index (χ0) is 15.5. The molecule has 0 aliphatic carbocycles. The molecule has 21 heavy (non-hydrogen) atoms. The van der Waals surface area contributed by atoms with E-state index in [1.54, 1.807) is 0 Å². The Labute approximate surface area is 129 Å². The lowest BCUT2D eigenvalue weighted by atomic mass is 9.79. The second kappa shape index (κ2) is 6.63. The number of rotatable bonds is 5. The Bertz CT molecular complexity index is 335. The van der Waals surface area contributed by atoms with Gasteiger partial charge in [0.05, 0.1) is 13.2 Å². The minimum atomic E-state index is 0.0760. The number of nitrogens with zero attached hydrogens (tertiary/aromatic N) is 2. The van der Waals surface area contributed by atoms with Crippen LogP contribution in [0.4, 0.5) is 0 Å². The second-order valence-corrected chi connectivity index (χ2v) is 7.75. The van der Waals surface area contributed by atoms with Crippen LogP contribution in [0.2, 0.25) is 0 Å². The van der Waals surface area contributed by atoms with E-state index in [1.807, 2.05) is 4.90 Å². The smallest absolute Gasteiger partial charge is 0.210 e. The molecule has 2 saturated heterocycles. The highest BCUT2D eigenvalue weighted by Gasteiger charge is 2.39. The van der Waals surface area contributed by atoms with E-state index in [2.05, 4.69) is 37.9 Å². The van der Waals surface area contributed by atoms with Gasteiger partial charge in [0, 0.05) is 43.3 Å². The van der Waals surface area contributed by atoms with E-state index in [1.165, 1.54) is 0 Å². The number of morpholine rings is 1. The molecule has 5 nitrogen and oxygen atoms in total. The number of piperidine rings is 1. The quantitative estimate of drug-likeness (QED) is 0.772. The third-order valence-corrected chi connectivity index (χ3v) is 4.55. The van der Waals surface area contributed by atoms with E-state index >= 15 is 0 Å². The first-order valence-corrected chi connectivity index (χ1v) is 8.12. The maximum absolute atomic E-state index is 11.6. The molecule has 122 valence electrons. The molecule has 0 radical (unpaired) electrons. The van der Waals surface area contributed by atoms with Crippen LogP contribution in [-0.2, 0) is 9.53 Å². The number of amides is 1. The molecule has 0 aromatic carbocycles. The van der Waals surface area contributed by atoms with Crippen LogP contribution >= 0.6 is 0 Å². The second-order valence-electron chi connectivity index (χ2n) is 7.75. The van der Waals surface area contributed by atoms with Crippen molar-refractivity contribution >= 4 is 6.41 Å². The largest absolute Gasteiger partial charge is 0.379 e. The number of hydrogen-bond acceptors (Lipinski definition) is 4. The number of carbonyl (C=O) groups excluding carboxylic acids is 1. The SMILES string of the molecule is CC1(C)CC(N(C=O)CCN2CCOCC2)CC(C)(C)N1. The number of hydrogen-bond donors (Lipinski definition) is 1. The van der Waals surface area contributed by atoms with Crippen LogP contribution < -0.4 is 5.32 Å². The van der Waals surface area contributed by atoms with Gasteiger partial charge in [0.1, 0.15) is 0 Å². The van der Waals surface area contributed by atoms with Gasteiger partial charge in [-0.15, -0.1) is 0 Å². The summed E-state index contributed by atoms with van der Waals surface area (Å²) in [6.07, 6.45) is 3.07. The molecule has 0 atom stereocenters. The molecule has 2 heterocycles. The average molecular weight is 297 g/mol. The van der Waals surface area contributed by atoms with Gasteiger partial charge >= 0.3 is 0 Å². The van der Waals surface area contributed by atoms with E-state index in [0.717, 1.165) is 58.6 Å². The minimum absolute atomic E-state index is 0.0760. The summed E-state index contributed by atoms with van der Waals surface area (Å²) in [7, 11) is 0. The summed E-state index contributed by atoms with van der Waals surface area (Å²) < 4.78 is 5.37. The highest BCUT2D eigenvalue weighted by molar-refractivity contribution is 5.48. The van der Waals surface area contributed by atoms with E-state index < -0.39 is 0 Å². The highest BCUT2D eigenvalue weighted by Crippen LogP contribution is 2.31. The van der Waals surface area contributed by atoms with Gasteiger partial charge in [0.15, 0.2) is 0 Å². The Kier molecular flexibility index (Phi) is 5.28. The van der Waals surface area contributed by atoms with E-state index in [9.17, 15) is 4.79 Å². The molecule has 0 unspecified atom stereocenters. The summed E-state index contributed by atoms with van der Waals surface area (Å²) in [5, 5.41) is 3.68. The van der Waals surface area contributed by atoms with Crippen molar-refractivity contribution in [2.45, 2.75) is 57.7 Å². The first-order valence-electron chi connectivity index (χ1n) is 8.12. The first kappa shape index (κ1) is 16.7. The monoisotopic (exact) mass is 297 g/mol. The van der Waals surface area contributed by atoms with Crippen molar-refractivity contribution in [3.05, 3.63) is 0 Å². The highest BCUT2D eigenvalue weighted by atomic mass is 16.5. The number of carbonyl (C=O) groups is 1. The van der Waals surface area contributed by atoms with Crippen molar-refractivity contribution in [2.24, 2.45) is 0 Å². The van der Waals surface area contributed by atoms with Gasteiger partial charge in [-0.2, -0.15) is 0 Å². The van der Waals surface area contributed by atoms with E-state index in [0.29, 0.717) is 6.04 Å². The third kappa shape index (κ3) is 4.94. The van der Waals surface area contributed by atoms with Crippen LogP contribution in [0.5, 0.6) is 0 Å². The minimum Gasteiger partial charge on any atom is -0.379 e. The normalized spacial score (nSPS) is 26.5. The molecule has 2 aliphatic rings. The fourth-order valence-corrected chi connectivity index (χ4v) is 3.91. The molecule has 0 saturated carbocycles. The van der Waals surface area contributed by atoms with Crippen LogP contribution in [0.15, 0.2) is 0 Å². The molecule has 0 spiro atoms. The summed E-state index contributed by atoms with van der Waals surface area (Å²) in [6, 6.07) is 0.329.